The van der Waals surface area contributed by atoms with Gasteiger partial charge in [-0.2, -0.15) is 5.26 Å². The van der Waals surface area contributed by atoms with Gasteiger partial charge >= 0.3 is 0 Å². The lowest BCUT2D eigenvalue weighted by Crippen LogP contribution is -1.96. The van der Waals surface area contributed by atoms with E-state index in [9.17, 15) is 0 Å². The minimum Gasteiger partial charge on any atom is -0.300 e. The molecule has 0 aliphatic carbocycles. The van der Waals surface area contributed by atoms with Crippen LogP contribution in [0.15, 0.2) is 29.3 Å². The van der Waals surface area contributed by atoms with Crippen LogP contribution in [-0.2, 0) is 0 Å². The average Bonchev–Trinajstić information content (AvgIpc) is 2.18. The Morgan fingerprint density at radius 1 is 1.46 bits per heavy atom. The van der Waals surface area contributed by atoms with E-state index in [0.29, 0.717) is 11.5 Å². The first-order valence-electron chi connectivity index (χ1n) is 4.20. The van der Waals surface area contributed by atoms with Crippen LogP contribution in [-0.4, -0.2) is 13.3 Å². The Hall–Kier alpha value is -1.62. The second-order valence-corrected chi connectivity index (χ2v) is 3.04. The van der Waals surface area contributed by atoms with E-state index in [4.69, 9.17) is 5.26 Å². The van der Waals surface area contributed by atoms with Crippen molar-refractivity contribution in [3.63, 3.8) is 0 Å². The molecule has 1 rings (SSSR count). The van der Waals surface area contributed by atoms with E-state index in [1.807, 2.05) is 24.3 Å². The molecule has 0 saturated heterocycles. The van der Waals surface area contributed by atoms with Crippen LogP contribution in [0.2, 0.25) is 0 Å². The quantitative estimate of drug-likeness (QED) is 0.645. The van der Waals surface area contributed by atoms with Crippen LogP contribution in [0.25, 0.3) is 0 Å². The van der Waals surface area contributed by atoms with Crippen molar-refractivity contribution >= 4 is 6.72 Å². The number of nitriles is 1. The fourth-order valence-electron chi connectivity index (χ4n) is 1.19. The lowest BCUT2D eigenvalue weighted by molar-refractivity contribution is 0.779. The van der Waals surface area contributed by atoms with Crippen molar-refractivity contribution in [2.24, 2.45) is 4.99 Å². The number of nitrogens with zero attached hydrogens (tertiary/aromatic N) is 2. The Morgan fingerprint density at radius 3 is 2.54 bits per heavy atom. The largest absolute Gasteiger partial charge is 0.300 e. The fourth-order valence-corrected chi connectivity index (χ4v) is 1.19. The van der Waals surface area contributed by atoms with Gasteiger partial charge in [-0.25, -0.2) is 0 Å². The molecule has 0 radical (unpaired) electrons. The average molecular weight is 172 g/mol. The van der Waals surface area contributed by atoms with E-state index in [1.165, 1.54) is 5.56 Å². The topological polar surface area (TPSA) is 36.1 Å². The first-order valence-corrected chi connectivity index (χ1v) is 4.20. The molecule has 1 aromatic carbocycles. The van der Waals surface area contributed by atoms with Gasteiger partial charge in [-0.15, -0.1) is 0 Å². The molecule has 1 aromatic rings. The van der Waals surface area contributed by atoms with Gasteiger partial charge in [-0.1, -0.05) is 19.1 Å². The van der Waals surface area contributed by atoms with E-state index >= 15 is 0 Å². The zero-order valence-corrected chi connectivity index (χ0v) is 7.70. The van der Waals surface area contributed by atoms with Crippen LogP contribution in [0.1, 0.15) is 24.0 Å². The maximum atomic E-state index is 8.59. The summed E-state index contributed by atoms with van der Waals surface area (Å²) in [4.78, 5) is 3.84. The Balaban J connectivity index is 2.80. The number of hydrogen-bond donors (Lipinski definition) is 0. The molecule has 0 unspecified atom stereocenters. The Kier molecular flexibility index (Phi) is 3.22. The second-order valence-electron chi connectivity index (χ2n) is 3.04. The van der Waals surface area contributed by atoms with Crippen LogP contribution in [0, 0.1) is 11.3 Å². The summed E-state index contributed by atoms with van der Waals surface area (Å²) in [5.41, 5.74) is 1.90. The van der Waals surface area contributed by atoms with Crippen molar-refractivity contribution in [1.82, 2.24) is 0 Å². The van der Waals surface area contributed by atoms with Crippen LogP contribution < -0.4 is 0 Å². The van der Waals surface area contributed by atoms with Gasteiger partial charge in [0, 0.05) is 12.5 Å². The van der Waals surface area contributed by atoms with Gasteiger partial charge < -0.3 is 4.99 Å². The predicted molar refractivity (Wildman–Crippen MR) is 54.0 cm³/mol. The molecule has 0 aliphatic rings. The maximum Gasteiger partial charge on any atom is 0.0991 e. The highest BCUT2D eigenvalue weighted by molar-refractivity contribution is 5.33. The molecule has 2 nitrogen and oxygen atoms in total. The number of rotatable bonds is 3. The zero-order chi connectivity index (χ0) is 9.68. The second kappa shape index (κ2) is 4.42. The van der Waals surface area contributed by atoms with E-state index in [1.54, 1.807) is 0 Å². The van der Waals surface area contributed by atoms with E-state index in [2.05, 4.69) is 24.7 Å². The summed E-state index contributed by atoms with van der Waals surface area (Å²) in [6, 6.07) is 9.68. The SMILES string of the molecule is C=NC[C@@H](C)c1ccc(C#N)cc1. The van der Waals surface area contributed by atoms with E-state index < -0.39 is 0 Å². The van der Waals surface area contributed by atoms with E-state index in [-0.39, 0.29) is 0 Å². The molecule has 0 bridgehead atoms. The van der Waals surface area contributed by atoms with Crippen molar-refractivity contribution < 1.29 is 0 Å². The highest BCUT2D eigenvalue weighted by atomic mass is 14.7. The molecule has 0 fully saturated rings. The highest BCUT2D eigenvalue weighted by Crippen LogP contribution is 2.15. The summed E-state index contributed by atoms with van der Waals surface area (Å²) < 4.78 is 0. The van der Waals surface area contributed by atoms with Crippen LogP contribution in [0.5, 0.6) is 0 Å². The molecule has 0 N–H and O–H groups in total. The van der Waals surface area contributed by atoms with E-state index in [0.717, 1.165) is 6.54 Å². The highest BCUT2D eigenvalue weighted by Gasteiger charge is 2.02. The minimum absolute atomic E-state index is 0.380. The smallest absolute Gasteiger partial charge is 0.0991 e. The monoisotopic (exact) mass is 172 g/mol. The van der Waals surface area contributed by atoms with Gasteiger partial charge in [0.1, 0.15) is 0 Å². The number of benzene rings is 1. The summed E-state index contributed by atoms with van der Waals surface area (Å²) in [7, 11) is 0. The van der Waals surface area contributed by atoms with Crippen molar-refractivity contribution in [2.45, 2.75) is 12.8 Å². The van der Waals surface area contributed by atoms with Crippen molar-refractivity contribution in [3.05, 3.63) is 35.4 Å². The molecule has 1 atom stereocenters. The Labute approximate surface area is 78.5 Å². The van der Waals surface area contributed by atoms with Gasteiger partial charge in [-0.05, 0) is 24.4 Å². The van der Waals surface area contributed by atoms with Crippen molar-refractivity contribution in [2.75, 3.05) is 6.54 Å². The maximum absolute atomic E-state index is 8.59. The van der Waals surface area contributed by atoms with Crippen molar-refractivity contribution in [1.29, 1.82) is 5.26 Å². The minimum atomic E-state index is 0.380. The molecular weight excluding hydrogens is 160 g/mol. The number of aliphatic imine (C=N–C) groups is 1. The van der Waals surface area contributed by atoms with Gasteiger partial charge in [-0.3, -0.25) is 0 Å². The van der Waals surface area contributed by atoms with Crippen molar-refractivity contribution in [3.8, 4) is 6.07 Å². The van der Waals surface area contributed by atoms with Gasteiger partial charge in [0.25, 0.3) is 0 Å². The molecule has 0 saturated carbocycles. The molecular formula is C11H12N2. The normalized spacial score (nSPS) is 11.7. The Morgan fingerprint density at radius 2 is 2.08 bits per heavy atom. The summed E-state index contributed by atoms with van der Waals surface area (Å²) in [6.07, 6.45) is 0. The molecule has 0 aliphatic heterocycles. The molecule has 0 heterocycles. The standard InChI is InChI=1S/C11H12N2/c1-9(8-13-2)11-5-3-10(7-12)4-6-11/h3-6,9H,2,8H2,1H3/t9-/m1/s1. The molecule has 66 valence electrons. The third kappa shape index (κ3) is 2.41. The van der Waals surface area contributed by atoms with Gasteiger partial charge in [0.2, 0.25) is 0 Å². The first-order chi connectivity index (χ1) is 6.27. The predicted octanol–water partition coefficient (Wildman–Crippen LogP) is 2.36. The van der Waals surface area contributed by atoms with Crippen LogP contribution in [0.3, 0.4) is 0 Å². The molecule has 13 heavy (non-hydrogen) atoms. The van der Waals surface area contributed by atoms with Crippen LogP contribution in [0.4, 0.5) is 0 Å². The summed E-state index contributed by atoms with van der Waals surface area (Å²) in [6.45, 7) is 6.28. The summed E-state index contributed by atoms with van der Waals surface area (Å²) in [5, 5.41) is 8.59. The molecule has 2 heteroatoms. The third-order valence-electron chi connectivity index (χ3n) is 2.01. The fraction of sp³-hybridized carbons (Fsp3) is 0.273. The van der Waals surface area contributed by atoms with Gasteiger partial charge in [0.15, 0.2) is 0 Å². The number of hydrogen-bond acceptors (Lipinski definition) is 2. The Bertz CT molecular complexity index is 319. The lowest BCUT2D eigenvalue weighted by atomic mass is 10.0. The molecule has 0 amide bonds. The first kappa shape index (κ1) is 9.47. The zero-order valence-electron chi connectivity index (χ0n) is 7.70. The van der Waals surface area contributed by atoms with Crippen LogP contribution >= 0.6 is 0 Å². The molecule has 0 aromatic heterocycles. The summed E-state index contributed by atoms with van der Waals surface area (Å²) in [5.74, 6) is 0.380. The third-order valence-corrected chi connectivity index (χ3v) is 2.01. The van der Waals surface area contributed by atoms with Gasteiger partial charge in [0.05, 0.1) is 11.6 Å². The molecule has 0 spiro atoms. The lowest BCUT2D eigenvalue weighted by Gasteiger charge is -2.07. The summed E-state index contributed by atoms with van der Waals surface area (Å²) >= 11 is 0.